The smallest absolute Gasteiger partial charge is 0.414 e. The summed E-state index contributed by atoms with van der Waals surface area (Å²) in [5.41, 5.74) is 2.24. The fourth-order valence-corrected chi connectivity index (χ4v) is 4.12. The number of carbonyl (C=O) groups excluding carboxylic acids is 1. The number of anilines is 1. The first kappa shape index (κ1) is 32.3. The van der Waals surface area contributed by atoms with Crippen molar-refractivity contribution >= 4 is 34.1 Å². The van der Waals surface area contributed by atoms with E-state index in [4.69, 9.17) is 23.1 Å². The molecule has 2 aromatic rings. The quantitative estimate of drug-likeness (QED) is 0.152. The van der Waals surface area contributed by atoms with Crippen LogP contribution in [0.5, 0.6) is 5.75 Å². The molecule has 0 aliphatic carbocycles. The summed E-state index contributed by atoms with van der Waals surface area (Å²) >= 11 is 0. The molecule has 0 unspecified atom stereocenters. The molecule has 0 aliphatic heterocycles. The molecule has 9 nitrogen and oxygen atoms in total. The van der Waals surface area contributed by atoms with Crippen LogP contribution in [0.3, 0.4) is 0 Å². The third-order valence-electron chi connectivity index (χ3n) is 5.11. The molecule has 2 rings (SSSR count). The molecular formula is C29H41NO8S. The van der Waals surface area contributed by atoms with E-state index in [1.807, 2.05) is 81.5 Å². The van der Waals surface area contributed by atoms with Gasteiger partial charge in [0.05, 0.1) is 38.8 Å². The SMILES string of the molecule is CCCS(=O)(=O)OCCOCCOCCOc1ccc(C=Cc2ccc(N(C)C(=O)OC(C)(C)C)cc2)cc1. The first-order valence-corrected chi connectivity index (χ1v) is 14.6. The van der Waals surface area contributed by atoms with E-state index in [2.05, 4.69) is 0 Å². The lowest BCUT2D eigenvalue weighted by Crippen LogP contribution is -2.34. The average molecular weight is 564 g/mol. The second kappa shape index (κ2) is 16.2. The van der Waals surface area contributed by atoms with Crippen molar-refractivity contribution in [2.75, 3.05) is 57.3 Å². The van der Waals surface area contributed by atoms with Crippen molar-refractivity contribution in [3.8, 4) is 5.75 Å². The molecule has 0 aromatic heterocycles. The molecule has 0 saturated carbocycles. The largest absolute Gasteiger partial charge is 0.491 e. The minimum Gasteiger partial charge on any atom is -0.491 e. The lowest BCUT2D eigenvalue weighted by molar-refractivity contribution is 0.0279. The number of carbonyl (C=O) groups is 1. The molecule has 2 aromatic carbocycles. The van der Waals surface area contributed by atoms with Crippen molar-refractivity contribution < 1.29 is 36.3 Å². The molecule has 0 fully saturated rings. The van der Waals surface area contributed by atoms with Gasteiger partial charge in [0.25, 0.3) is 10.1 Å². The van der Waals surface area contributed by atoms with E-state index in [9.17, 15) is 13.2 Å². The van der Waals surface area contributed by atoms with Gasteiger partial charge in [-0.3, -0.25) is 9.08 Å². The highest BCUT2D eigenvalue weighted by molar-refractivity contribution is 7.86. The van der Waals surface area contributed by atoms with Crippen LogP contribution in [0.25, 0.3) is 12.2 Å². The summed E-state index contributed by atoms with van der Waals surface area (Å²) in [4.78, 5) is 13.7. The Kier molecular flexibility index (Phi) is 13.5. The van der Waals surface area contributed by atoms with E-state index in [0.29, 0.717) is 32.8 Å². The van der Waals surface area contributed by atoms with Crippen molar-refractivity contribution in [3.63, 3.8) is 0 Å². The molecule has 0 bridgehead atoms. The monoisotopic (exact) mass is 563 g/mol. The van der Waals surface area contributed by atoms with Gasteiger partial charge in [-0.1, -0.05) is 43.3 Å². The number of nitrogens with zero attached hydrogens (tertiary/aromatic N) is 1. The van der Waals surface area contributed by atoms with Crippen LogP contribution in [0.1, 0.15) is 45.2 Å². The topological polar surface area (TPSA) is 101 Å². The van der Waals surface area contributed by atoms with Gasteiger partial charge in [0.2, 0.25) is 0 Å². The van der Waals surface area contributed by atoms with Crippen LogP contribution in [-0.2, 0) is 28.5 Å². The number of hydrogen-bond acceptors (Lipinski definition) is 8. The summed E-state index contributed by atoms with van der Waals surface area (Å²) in [7, 11) is -1.75. The van der Waals surface area contributed by atoms with Gasteiger partial charge in [0.15, 0.2) is 0 Å². The molecule has 0 radical (unpaired) electrons. The Bertz CT molecular complexity index is 1120. The van der Waals surface area contributed by atoms with Crippen LogP contribution in [0, 0.1) is 0 Å². The molecular weight excluding hydrogens is 522 g/mol. The molecule has 0 spiro atoms. The fraction of sp³-hybridized carbons (Fsp3) is 0.483. The Morgan fingerprint density at radius 1 is 0.821 bits per heavy atom. The highest BCUT2D eigenvalue weighted by atomic mass is 32.2. The average Bonchev–Trinajstić information content (AvgIpc) is 2.88. The molecule has 10 heteroatoms. The van der Waals surface area contributed by atoms with Gasteiger partial charge >= 0.3 is 6.09 Å². The molecule has 39 heavy (non-hydrogen) atoms. The Hall–Kier alpha value is -2.92. The Morgan fingerprint density at radius 3 is 1.87 bits per heavy atom. The Morgan fingerprint density at radius 2 is 1.33 bits per heavy atom. The summed E-state index contributed by atoms with van der Waals surface area (Å²) in [5.74, 6) is 0.758. The summed E-state index contributed by atoms with van der Waals surface area (Å²) in [6.45, 7) is 9.05. The standard InChI is InChI=1S/C29H41NO8S/c1-6-23-39(32,33)37-22-20-35-18-17-34-19-21-36-27-15-11-25(12-16-27)8-7-24-9-13-26(14-10-24)30(5)28(31)38-29(2,3)4/h7-16H,6,17-23H2,1-5H3. The van der Waals surface area contributed by atoms with E-state index in [-0.39, 0.29) is 19.0 Å². The van der Waals surface area contributed by atoms with E-state index < -0.39 is 21.8 Å². The number of rotatable bonds is 16. The van der Waals surface area contributed by atoms with Crippen LogP contribution >= 0.6 is 0 Å². The predicted octanol–water partition coefficient (Wildman–Crippen LogP) is 5.40. The summed E-state index contributed by atoms with van der Waals surface area (Å²) in [5, 5.41) is 0. The lowest BCUT2D eigenvalue weighted by Gasteiger charge is -2.24. The first-order chi connectivity index (χ1) is 18.5. The minimum atomic E-state index is -3.44. The molecule has 1 amide bonds. The van der Waals surface area contributed by atoms with E-state index in [1.165, 1.54) is 4.90 Å². The molecule has 0 N–H and O–H groups in total. The maximum Gasteiger partial charge on any atom is 0.414 e. The van der Waals surface area contributed by atoms with Gasteiger partial charge in [-0.05, 0) is 62.6 Å². The van der Waals surface area contributed by atoms with Crippen LogP contribution in [0.4, 0.5) is 10.5 Å². The third-order valence-corrected chi connectivity index (χ3v) is 6.54. The van der Waals surface area contributed by atoms with Crippen LogP contribution in [-0.4, -0.2) is 72.6 Å². The van der Waals surface area contributed by atoms with Gasteiger partial charge in [0.1, 0.15) is 18.0 Å². The van der Waals surface area contributed by atoms with Crippen molar-refractivity contribution in [1.29, 1.82) is 0 Å². The van der Waals surface area contributed by atoms with E-state index in [1.54, 1.807) is 14.0 Å². The van der Waals surface area contributed by atoms with Crippen LogP contribution in [0.15, 0.2) is 48.5 Å². The number of amides is 1. The van der Waals surface area contributed by atoms with Gasteiger partial charge in [-0.2, -0.15) is 8.42 Å². The highest BCUT2D eigenvalue weighted by Gasteiger charge is 2.20. The lowest BCUT2D eigenvalue weighted by atomic mass is 10.1. The van der Waals surface area contributed by atoms with Crippen molar-refractivity contribution in [2.24, 2.45) is 0 Å². The summed E-state index contributed by atoms with van der Waals surface area (Å²) in [6, 6.07) is 15.4. The van der Waals surface area contributed by atoms with E-state index in [0.717, 1.165) is 22.6 Å². The van der Waals surface area contributed by atoms with E-state index >= 15 is 0 Å². The Balaban J connectivity index is 1.64. The summed E-state index contributed by atoms with van der Waals surface area (Å²) in [6.07, 6.45) is 4.13. The molecule has 216 valence electrons. The van der Waals surface area contributed by atoms with Crippen molar-refractivity contribution in [2.45, 2.75) is 39.7 Å². The van der Waals surface area contributed by atoms with Crippen molar-refractivity contribution in [3.05, 3.63) is 59.7 Å². The number of hydrogen-bond donors (Lipinski definition) is 0. The second-order valence-electron chi connectivity index (χ2n) is 9.69. The van der Waals surface area contributed by atoms with Gasteiger partial charge < -0.3 is 18.9 Å². The molecule has 0 aliphatic rings. The number of ether oxygens (including phenoxy) is 4. The van der Waals surface area contributed by atoms with Gasteiger partial charge in [-0.25, -0.2) is 4.79 Å². The van der Waals surface area contributed by atoms with Gasteiger partial charge in [-0.15, -0.1) is 0 Å². The van der Waals surface area contributed by atoms with Crippen molar-refractivity contribution in [1.82, 2.24) is 0 Å². The molecule has 0 saturated heterocycles. The fourth-order valence-electron chi connectivity index (χ4n) is 3.18. The number of benzene rings is 2. The second-order valence-corrected chi connectivity index (χ2v) is 11.4. The molecule has 0 atom stereocenters. The zero-order chi connectivity index (χ0) is 28.7. The molecule has 0 heterocycles. The maximum absolute atomic E-state index is 12.2. The highest BCUT2D eigenvalue weighted by Crippen LogP contribution is 2.19. The Labute approximate surface area is 232 Å². The predicted molar refractivity (Wildman–Crippen MR) is 154 cm³/mol. The third kappa shape index (κ3) is 13.6. The van der Waals surface area contributed by atoms with Crippen LogP contribution < -0.4 is 9.64 Å². The minimum absolute atomic E-state index is 0.0103. The normalized spacial score (nSPS) is 12.0. The first-order valence-electron chi connectivity index (χ1n) is 13.0. The van der Waals surface area contributed by atoms with Crippen LogP contribution in [0.2, 0.25) is 0 Å². The zero-order valence-corrected chi connectivity index (χ0v) is 24.4. The maximum atomic E-state index is 12.2. The summed E-state index contributed by atoms with van der Waals surface area (Å²) < 4.78 is 49.5. The van der Waals surface area contributed by atoms with Gasteiger partial charge in [0, 0.05) is 12.7 Å². The zero-order valence-electron chi connectivity index (χ0n) is 23.6.